The van der Waals surface area contributed by atoms with Gasteiger partial charge in [0, 0.05) is 0 Å². The van der Waals surface area contributed by atoms with Gasteiger partial charge in [-0.2, -0.15) is 0 Å². The Kier molecular flexibility index (Phi) is 7.35. The predicted octanol–water partition coefficient (Wildman–Crippen LogP) is 5.89. The third-order valence-electron chi connectivity index (χ3n) is 3.22. The molecule has 0 radical (unpaired) electrons. The van der Waals surface area contributed by atoms with Gasteiger partial charge in [-0.3, -0.25) is 0 Å². The van der Waals surface area contributed by atoms with Crippen LogP contribution in [0.25, 0.3) is 0 Å². The maximum atomic E-state index is 6.40. The summed E-state index contributed by atoms with van der Waals surface area (Å²) in [6.45, 7) is 4.46. The van der Waals surface area contributed by atoms with Crippen LogP contribution in [0.5, 0.6) is 0 Å². The van der Waals surface area contributed by atoms with E-state index in [4.69, 9.17) is 11.6 Å². The first-order chi connectivity index (χ1) is 8.27. The first kappa shape index (κ1) is 14.6. The van der Waals surface area contributed by atoms with E-state index >= 15 is 0 Å². The molecule has 0 N–H and O–H groups in total. The first-order valence-corrected chi connectivity index (χ1v) is 7.44. The van der Waals surface area contributed by atoms with Gasteiger partial charge in [0.05, 0.1) is 5.38 Å². The molecule has 0 spiro atoms. The van der Waals surface area contributed by atoms with Crippen LogP contribution in [0.3, 0.4) is 0 Å². The van der Waals surface area contributed by atoms with E-state index in [1.165, 1.54) is 49.7 Å². The van der Waals surface area contributed by atoms with Crippen LogP contribution < -0.4 is 0 Å². The zero-order valence-electron chi connectivity index (χ0n) is 11.2. The van der Waals surface area contributed by atoms with Crippen molar-refractivity contribution in [3.8, 4) is 0 Å². The van der Waals surface area contributed by atoms with Gasteiger partial charge < -0.3 is 0 Å². The van der Waals surface area contributed by atoms with Crippen molar-refractivity contribution >= 4 is 11.6 Å². The number of rotatable bonds is 8. The maximum Gasteiger partial charge on any atom is 0.0585 e. The minimum Gasteiger partial charge on any atom is -0.118 e. The summed E-state index contributed by atoms with van der Waals surface area (Å²) in [6, 6.07) is 8.88. The van der Waals surface area contributed by atoms with Crippen LogP contribution in [0, 0.1) is 0 Å². The second kappa shape index (κ2) is 8.58. The van der Waals surface area contributed by atoms with Crippen molar-refractivity contribution in [3.63, 3.8) is 0 Å². The predicted molar refractivity (Wildman–Crippen MR) is 77.8 cm³/mol. The molecule has 0 amide bonds. The highest BCUT2D eigenvalue weighted by Crippen LogP contribution is 2.26. The molecule has 1 heteroatoms. The zero-order chi connectivity index (χ0) is 12.5. The molecule has 0 aliphatic carbocycles. The zero-order valence-corrected chi connectivity index (χ0v) is 12.0. The normalized spacial score (nSPS) is 12.6. The third-order valence-corrected chi connectivity index (χ3v) is 3.69. The number of hydrogen-bond donors (Lipinski definition) is 0. The molecule has 0 aromatic heterocycles. The highest BCUT2D eigenvalue weighted by Gasteiger charge is 2.06. The van der Waals surface area contributed by atoms with Crippen LogP contribution in [0.4, 0.5) is 0 Å². The first-order valence-electron chi connectivity index (χ1n) is 7.00. The molecule has 0 bridgehead atoms. The molecule has 0 aliphatic heterocycles. The molecular weight excluding hydrogens is 228 g/mol. The fraction of sp³-hybridized carbons (Fsp3) is 0.625. The van der Waals surface area contributed by atoms with E-state index in [0.717, 1.165) is 6.42 Å². The van der Waals surface area contributed by atoms with Gasteiger partial charge in [0.1, 0.15) is 0 Å². The van der Waals surface area contributed by atoms with Crippen LogP contribution in [-0.2, 0) is 6.42 Å². The number of aryl methyl sites for hydroxylation is 1. The van der Waals surface area contributed by atoms with E-state index in [-0.39, 0.29) is 5.38 Å². The lowest BCUT2D eigenvalue weighted by atomic mass is 10.0. The van der Waals surface area contributed by atoms with Crippen molar-refractivity contribution in [2.75, 3.05) is 0 Å². The standard InChI is InChI=1S/C16H25Cl/c1-3-5-7-9-16(17)15-12-10-14(11-13-15)8-6-4-2/h10-13,16H,3-9H2,1-2H3. The lowest BCUT2D eigenvalue weighted by Crippen LogP contribution is -1.92. The van der Waals surface area contributed by atoms with Gasteiger partial charge in [-0.15, -0.1) is 11.6 Å². The van der Waals surface area contributed by atoms with E-state index in [1.807, 2.05) is 0 Å². The SMILES string of the molecule is CCCCCC(Cl)c1ccc(CCCC)cc1. The molecule has 0 fully saturated rings. The molecule has 1 aromatic carbocycles. The summed E-state index contributed by atoms with van der Waals surface area (Å²) in [6.07, 6.45) is 8.62. The summed E-state index contributed by atoms with van der Waals surface area (Å²) in [5.74, 6) is 0. The molecule has 0 saturated carbocycles. The summed E-state index contributed by atoms with van der Waals surface area (Å²) in [5, 5.41) is 0.196. The van der Waals surface area contributed by atoms with Crippen LogP contribution in [0.2, 0.25) is 0 Å². The monoisotopic (exact) mass is 252 g/mol. The molecule has 0 heterocycles. The largest absolute Gasteiger partial charge is 0.118 e. The Morgan fingerprint density at radius 1 is 0.941 bits per heavy atom. The van der Waals surface area contributed by atoms with E-state index in [2.05, 4.69) is 38.1 Å². The summed E-state index contributed by atoms with van der Waals surface area (Å²) < 4.78 is 0. The van der Waals surface area contributed by atoms with Crippen molar-refractivity contribution in [2.45, 2.75) is 64.2 Å². The Hall–Kier alpha value is -0.490. The fourth-order valence-electron chi connectivity index (χ4n) is 2.01. The molecule has 1 rings (SSSR count). The Balaban J connectivity index is 2.43. The van der Waals surface area contributed by atoms with Gasteiger partial charge >= 0.3 is 0 Å². The minimum atomic E-state index is 0.196. The Morgan fingerprint density at radius 3 is 2.18 bits per heavy atom. The molecule has 1 atom stereocenters. The van der Waals surface area contributed by atoms with Crippen molar-refractivity contribution in [1.82, 2.24) is 0 Å². The van der Waals surface area contributed by atoms with Crippen LogP contribution in [0.15, 0.2) is 24.3 Å². The number of alkyl halides is 1. The van der Waals surface area contributed by atoms with Gasteiger partial charge in [0.15, 0.2) is 0 Å². The average Bonchev–Trinajstić information content (AvgIpc) is 2.37. The summed E-state index contributed by atoms with van der Waals surface area (Å²) in [5.41, 5.74) is 2.72. The Bertz CT molecular complexity index is 289. The molecule has 17 heavy (non-hydrogen) atoms. The fourth-order valence-corrected chi connectivity index (χ4v) is 2.31. The van der Waals surface area contributed by atoms with E-state index in [1.54, 1.807) is 0 Å². The number of halogens is 1. The maximum absolute atomic E-state index is 6.40. The van der Waals surface area contributed by atoms with Crippen LogP contribution in [-0.4, -0.2) is 0 Å². The Morgan fingerprint density at radius 2 is 1.59 bits per heavy atom. The summed E-state index contributed by atoms with van der Waals surface area (Å²) >= 11 is 6.40. The topological polar surface area (TPSA) is 0 Å². The molecule has 96 valence electrons. The average molecular weight is 253 g/mol. The number of hydrogen-bond acceptors (Lipinski definition) is 0. The molecule has 0 nitrogen and oxygen atoms in total. The third kappa shape index (κ3) is 5.59. The van der Waals surface area contributed by atoms with E-state index < -0.39 is 0 Å². The van der Waals surface area contributed by atoms with Crippen LogP contribution in [0.1, 0.15) is 68.9 Å². The second-order valence-corrected chi connectivity index (χ2v) is 5.34. The van der Waals surface area contributed by atoms with Crippen molar-refractivity contribution in [2.24, 2.45) is 0 Å². The summed E-state index contributed by atoms with van der Waals surface area (Å²) in [7, 11) is 0. The van der Waals surface area contributed by atoms with Gasteiger partial charge in [0.25, 0.3) is 0 Å². The van der Waals surface area contributed by atoms with Gasteiger partial charge in [0.2, 0.25) is 0 Å². The van der Waals surface area contributed by atoms with Crippen molar-refractivity contribution in [3.05, 3.63) is 35.4 Å². The molecular formula is C16H25Cl. The van der Waals surface area contributed by atoms with Crippen LogP contribution >= 0.6 is 11.6 Å². The number of benzene rings is 1. The van der Waals surface area contributed by atoms with E-state index in [9.17, 15) is 0 Å². The molecule has 1 aromatic rings. The van der Waals surface area contributed by atoms with Crippen molar-refractivity contribution in [1.29, 1.82) is 0 Å². The minimum absolute atomic E-state index is 0.196. The van der Waals surface area contributed by atoms with Gasteiger partial charge in [-0.05, 0) is 30.4 Å². The highest BCUT2D eigenvalue weighted by molar-refractivity contribution is 6.20. The number of unbranched alkanes of at least 4 members (excludes halogenated alkanes) is 3. The van der Waals surface area contributed by atoms with Gasteiger partial charge in [-0.25, -0.2) is 0 Å². The lowest BCUT2D eigenvalue weighted by Gasteiger charge is -2.10. The smallest absolute Gasteiger partial charge is 0.0585 e. The molecule has 0 saturated heterocycles. The van der Waals surface area contributed by atoms with Crippen molar-refractivity contribution < 1.29 is 0 Å². The molecule has 1 unspecified atom stereocenters. The second-order valence-electron chi connectivity index (χ2n) is 4.81. The molecule has 0 aliphatic rings. The lowest BCUT2D eigenvalue weighted by molar-refractivity contribution is 0.655. The van der Waals surface area contributed by atoms with E-state index in [0.29, 0.717) is 0 Å². The van der Waals surface area contributed by atoms with Gasteiger partial charge in [-0.1, -0.05) is 63.8 Å². The highest BCUT2D eigenvalue weighted by atomic mass is 35.5. The quantitative estimate of drug-likeness (QED) is 0.400. The summed E-state index contributed by atoms with van der Waals surface area (Å²) in [4.78, 5) is 0. The Labute approximate surface area is 111 Å².